The van der Waals surface area contributed by atoms with Crippen LogP contribution < -0.4 is 5.32 Å². The predicted octanol–water partition coefficient (Wildman–Crippen LogP) is 3.51. The Bertz CT molecular complexity index is 518. The lowest BCUT2D eigenvalue weighted by molar-refractivity contribution is 0.0759. The molecule has 0 aliphatic rings. The molecule has 2 rings (SSSR count). The molecule has 1 aromatic heterocycles. The Labute approximate surface area is 114 Å². The zero-order chi connectivity index (χ0) is 13.7. The summed E-state index contributed by atoms with van der Waals surface area (Å²) in [6.45, 7) is 8.69. The standard InChI is InChI=1S/C16H23NO2/c1-4-15-14(11-17-10-12(3)18-5-2)13-8-6-7-9-16(13)19-15/h6-9,12,17H,4-5,10-11H2,1-3H3. The second kappa shape index (κ2) is 6.73. The van der Waals surface area contributed by atoms with Gasteiger partial charge in [-0.05, 0) is 19.9 Å². The summed E-state index contributed by atoms with van der Waals surface area (Å²) < 4.78 is 11.4. The molecule has 3 heteroatoms. The third-order valence-electron chi connectivity index (χ3n) is 3.29. The highest BCUT2D eigenvalue weighted by Crippen LogP contribution is 2.26. The number of rotatable bonds is 7. The second-order valence-electron chi connectivity index (χ2n) is 4.75. The van der Waals surface area contributed by atoms with Crippen molar-refractivity contribution in [3.05, 3.63) is 35.6 Å². The zero-order valence-corrected chi connectivity index (χ0v) is 12.0. The number of nitrogens with one attached hydrogen (secondary N) is 1. The molecule has 0 saturated carbocycles. The lowest BCUT2D eigenvalue weighted by Crippen LogP contribution is -2.26. The van der Waals surface area contributed by atoms with E-state index in [-0.39, 0.29) is 6.10 Å². The Morgan fingerprint density at radius 3 is 2.79 bits per heavy atom. The van der Waals surface area contributed by atoms with E-state index in [9.17, 15) is 0 Å². The highest BCUT2D eigenvalue weighted by Gasteiger charge is 2.12. The van der Waals surface area contributed by atoms with Crippen molar-refractivity contribution in [1.29, 1.82) is 0 Å². The molecule has 0 bridgehead atoms. The van der Waals surface area contributed by atoms with Gasteiger partial charge in [-0.3, -0.25) is 0 Å². The van der Waals surface area contributed by atoms with Crippen LogP contribution in [0.4, 0.5) is 0 Å². The van der Waals surface area contributed by atoms with Crippen LogP contribution in [-0.2, 0) is 17.7 Å². The van der Waals surface area contributed by atoms with Gasteiger partial charge in [0.05, 0.1) is 6.10 Å². The Balaban J connectivity index is 2.06. The van der Waals surface area contributed by atoms with E-state index in [4.69, 9.17) is 9.15 Å². The molecule has 1 unspecified atom stereocenters. The monoisotopic (exact) mass is 261 g/mol. The highest BCUT2D eigenvalue weighted by atomic mass is 16.5. The zero-order valence-electron chi connectivity index (χ0n) is 12.0. The number of furan rings is 1. The van der Waals surface area contributed by atoms with Gasteiger partial charge in [0.1, 0.15) is 11.3 Å². The first kappa shape index (κ1) is 14.1. The molecule has 1 atom stereocenters. The van der Waals surface area contributed by atoms with Gasteiger partial charge in [0.2, 0.25) is 0 Å². The number of benzene rings is 1. The average molecular weight is 261 g/mol. The van der Waals surface area contributed by atoms with Crippen molar-refractivity contribution in [1.82, 2.24) is 5.32 Å². The minimum atomic E-state index is 0.244. The molecule has 19 heavy (non-hydrogen) atoms. The van der Waals surface area contributed by atoms with E-state index >= 15 is 0 Å². The largest absolute Gasteiger partial charge is 0.461 e. The molecular formula is C16H23NO2. The molecule has 0 fully saturated rings. The Hall–Kier alpha value is -1.32. The maximum absolute atomic E-state index is 5.88. The summed E-state index contributed by atoms with van der Waals surface area (Å²) in [7, 11) is 0. The molecule has 0 amide bonds. The number of aryl methyl sites for hydroxylation is 1. The normalized spacial score (nSPS) is 13.0. The minimum Gasteiger partial charge on any atom is -0.461 e. The number of para-hydroxylation sites is 1. The lowest BCUT2D eigenvalue weighted by atomic mass is 10.1. The summed E-state index contributed by atoms with van der Waals surface area (Å²) >= 11 is 0. The Kier molecular flexibility index (Phi) is 5.00. The third-order valence-corrected chi connectivity index (χ3v) is 3.29. The smallest absolute Gasteiger partial charge is 0.134 e. The molecular weight excluding hydrogens is 238 g/mol. The van der Waals surface area contributed by atoms with Crippen molar-refractivity contribution in [2.45, 2.75) is 39.8 Å². The van der Waals surface area contributed by atoms with Gasteiger partial charge in [-0.2, -0.15) is 0 Å². The molecule has 104 valence electrons. The SMILES string of the molecule is CCOC(C)CNCc1c(CC)oc2ccccc12. The Morgan fingerprint density at radius 1 is 1.26 bits per heavy atom. The van der Waals surface area contributed by atoms with Crippen LogP contribution in [0, 0.1) is 0 Å². The molecule has 0 saturated heterocycles. The fourth-order valence-corrected chi connectivity index (χ4v) is 2.37. The van der Waals surface area contributed by atoms with Crippen LogP contribution in [0.25, 0.3) is 11.0 Å². The summed E-state index contributed by atoms with van der Waals surface area (Å²) in [4.78, 5) is 0. The number of hydrogen-bond donors (Lipinski definition) is 1. The maximum Gasteiger partial charge on any atom is 0.134 e. The van der Waals surface area contributed by atoms with Gasteiger partial charge in [-0.25, -0.2) is 0 Å². The lowest BCUT2D eigenvalue weighted by Gasteiger charge is -2.12. The first-order chi connectivity index (χ1) is 9.26. The van der Waals surface area contributed by atoms with Crippen LogP contribution in [0.2, 0.25) is 0 Å². The minimum absolute atomic E-state index is 0.244. The van der Waals surface area contributed by atoms with Gasteiger partial charge in [-0.15, -0.1) is 0 Å². The van der Waals surface area contributed by atoms with Crippen LogP contribution in [0.5, 0.6) is 0 Å². The van der Waals surface area contributed by atoms with E-state index in [0.717, 1.165) is 37.5 Å². The predicted molar refractivity (Wildman–Crippen MR) is 78.4 cm³/mol. The molecule has 0 aliphatic heterocycles. The quantitative estimate of drug-likeness (QED) is 0.828. The summed E-state index contributed by atoms with van der Waals surface area (Å²) in [5.41, 5.74) is 2.26. The maximum atomic E-state index is 5.88. The molecule has 2 aromatic rings. The van der Waals surface area contributed by atoms with E-state index in [2.05, 4.69) is 31.3 Å². The average Bonchev–Trinajstić information content (AvgIpc) is 2.77. The van der Waals surface area contributed by atoms with Crippen LogP contribution in [0.1, 0.15) is 32.1 Å². The van der Waals surface area contributed by atoms with Crippen LogP contribution in [0.3, 0.4) is 0 Å². The van der Waals surface area contributed by atoms with Gasteiger partial charge >= 0.3 is 0 Å². The summed E-state index contributed by atoms with van der Waals surface area (Å²) in [5.74, 6) is 1.08. The number of hydrogen-bond acceptors (Lipinski definition) is 3. The molecule has 1 heterocycles. The van der Waals surface area contributed by atoms with E-state index in [1.807, 2.05) is 19.1 Å². The fourth-order valence-electron chi connectivity index (χ4n) is 2.37. The Morgan fingerprint density at radius 2 is 2.05 bits per heavy atom. The van der Waals surface area contributed by atoms with Crippen molar-refractivity contribution >= 4 is 11.0 Å². The van der Waals surface area contributed by atoms with Gasteiger partial charge < -0.3 is 14.5 Å². The molecule has 1 N–H and O–H groups in total. The molecule has 1 aromatic carbocycles. The van der Waals surface area contributed by atoms with Crippen LogP contribution in [0.15, 0.2) is 28.7 Å². The first-order valence-electron chi connectivity index (χ1n) is 7.07. The summed E-state index contributed by atoms with van der Waals surface area (Å²) in [5, 5.41) is 4.67. The molecule has 0 spiro atoms. The van der Waals surface area contributed by atoms with Gasteiger partial charge in [0.15, 0.2) is 0 Å². The molecule has 0 aliphatic carbocycles. The number of ether oxygens (including phenoxy) is 1. The van der Waals surface area contributed by atoms with Gasteiger partial charge in [0, 0.05) is 37.1 Å². The summed E-state index contributed by atoms with van der Waals surface area (Å²) in [6, 6.07) is 8.23. The van der Waals surface area contributed by atoms with Crippen molar-refractivity contribution < 1.29 is 9.15 Å². The molecule has 0 radical (unpaired) electrons. The summed E-state index contributed by atoms with van der Waals surface area (Å²) in [6.07, 6.45) is 1.17. The van der Waals surface area contributed by atoms with Gasteiger partial charge in [0.25, 0.3) is 0 Å². The second-order valence-corrected chi connectivity index (χ2v) is 4.75. The van der Waals surface area contributed by atoms with E-state index in [1.165, 1.54) is 10.9 Å². The topological polar surface area (TPSA) is 34.4 Å². The molecule has 3 nitrogen and oxygen atoms in total. The van der Waals surface area contributed by atoms with Crippen molar-refractivity contribution in [3.63, 3.8) is 0 Å². The van der Waals surface area contributed by atoms with Crippen LogP contribution in [-0.4, -0.2) is 19.3 Å². The fraction of sp³-hybridized carbons (Fsp3) is 0.500. The van der Waals surface area contributed by atoms with Crippen LogP contribution >= 0.6 is 0 Å². The van der Waals surface area contributed by atoms with Crippen molar-refractivity contribution in [3.8, 4) is 0 Å². The number of fused-ring (bicyclic) bond motifs is 1. The van der Waals surface area contributed by atoms with Crippen molar-refractivity contribution in [2.24, 2.45) is 0 Å². The van der Waals surface area contributed by atoms with E-state index < -0.39 is 0 Å². The third kappa shape index (κ3) is 3.37. The van der Waals surface area contributed by atoms with E-state index in [1.54, 1.807) is 0 Å². The highest BCUT2D eigenvalue weighted by molar-refractivity contribution is 5.82. The van der Waals surface area contributed by atoms with Crippen molar-refractivity contribution in [2.75, 3.05) is 13.2 Å². The van der Waals surface area contributed by atoms with E-state index in [0.29, 0.717) is 0 Å². The first-order valence-corrected chi connectivity index (χ1v) is 7.07. The van der Waals surface area contributed by atoms with Gasteiger partial charge in [-0.1, -0.05) is 25.1 Å².